The summed E-state index contributed by atoms with van der Waals surface area (Å²) in [4.78, 5) is 11.1. The molecule has 0 radical (unpaired) electrons. The van der Waals surface area contributed by atoms with E-state index in [0.717, 1.165) is 22.7 Å². The molecule has 1 amide bonds. The van der Waals surface area contributed by atoms with E-state index in [1.807, 2.05) is 55.5 Å². The molecule has 0 aliphatic rings. The van der Waals surface area contributed by atoms with E-state index in [4.69, 9.17) is 9.15 Å². The third-order valence-electron chi connectivity index (χ3n) is 3.74. The fourth-order valence-electron chi connectivity index (χ4n) is 2.42. The predicted molar refractivity (Wildman–Crippen MR) is 99.1 cm³/mol. The molecule has 2 N–H and O–H groups in total. The van der Waals surface area contributed by atoms with Gasteiger partial charge in [0.25, 0.3) is 0 Å². The summed E-state index contributed by atoms with van der Waals surface area (Å²) in [5, 5.41) is 14.3. The van der Waals surface area contributed by atoms with Gasteiger partial charge in [-0.1, -0.05) is 0 Å². The molecule has 0 aliphatic heterocycles. The molecular formula is C19H20N4O3. The Hall–Kier alpha value is -3.35. The fourth-order valence-corrected chi connectivity index (χ4v) is 2.42. The number of anilines is 2. The molecule has 7 nitrogen and oxygen atoms in total. The molecule has 0 spiro atoms. The van der Waals surface area contributed by atoms with Gasteiger partial charge in [-0.25, -0.2) is 0 Å². The van der Waals surface area contributed by atoms with Gasteiger partial charge in [0, 0.05) is 23.9 Å². The SMILES string of the molecule is COc1ccc(-c2nnc([C@@H](C)Nc3ccc(NC(C)=O)cc3)o2)cc1. The first-order valence-electron chi connectivity index (χ1n) is 8.17. The van der Waals surface area contributed by atoms with Crippen LogP contribution >= 0.6 is 0 Å². The third-order valence-corrected chi connectivity index (χ3v) is 3.74. The van der Waals surface area contributed by atoms with Crippen LogP contribution < -0.4 is 15.4 Å². The quantitative estimate of drug-likeness (QED) is 0.700. The Morgan fingerprint density at radius 3 is 2.31 bits per heavy atom. The van der Waals surface area contributed by atoms with Gasteiger partial charge < -0.3 is 19.8 Å². The molecule has 3 aromatic rings. The van der Waals surface area contributed by atoms with E-state index >= 15 is 0 Å². The second kappa shape index (κ2) is 7.69. The van der Waals surface area contributed by atoms with E-state index in [0.29, 0.717) is 11.8 Å². The van der Waals surface area contributed by atoms with Crippen LogP contribution in [0.3, 0.4) is 0 Å². The van der Waals surface area contributed by atoms with Crippen molar-refractivity contribution < 1.29 is 13.9 Å². The molecule has 26 heavy (non-hydrogen) atoms. The summed E-state index contributed by atoms with van der Waals surface area (Å²) in [7, 11) is 1.62. The van der Waals surface area contributed by atoms with Crippen LogP contribution in [0.15, 0.2) is 52.9 Å². The minimum atomic E-state index is -0.166. The van der Waals surface area contributed by atoms with Crippen molar-refractivity contribution in [3.05, 3.63) is 54.4 Å². The lowest BCUT2D eigenvalue weighted by Gasteiger charge is -2.12. The smallest absolute Gasteiger partial charge is 0.247 e. The van der Waals surface area contributed by atoms with Crippen LogP contribution in [0, 0.1) is 0 Å². The molecule has 134 valence electrons. The molecule has 1 atom stereocenters. The predicted octanol–water partition coefficient (Wildman–Crippen LogP) is 3.88. The zero-order valence-corrected chi connectivity index (χ0v) is 14.8. The van der Waals surface area contributed by atoms with Gasteiger partial charge in [-0.3, -0.25) is 4.79 Å². The van der Waals surface area contributed by atoms with Gasteiger partial charge in [-0.2, -0.15) is 0 Å². The number of hydrogen-bond acceptors (Lipinski definition) is 6. The molecular weight excluding hydrogens is 332 g/mol. The van der Waals surface area contributed by atoms with Crippen molar-refractivity contribution in [1.82, 2.24) is 10.2 Å². The highest BCUT2D eigenvalue weighted by Crippen LogP contribution is 2.25. The van der Waals surface area contributed by atoms with Crippen LogP contribution in [0.4, 0.5) is 11.4 Å². The Morgan fingerprint density at radius 1 is 1.04 bits per heavy atom. The monoisotopic (exact) mass is 352 g/mol. The zero-order valence-electron chi connectivity index (χ0n) is 14.8. The van der Waals surface area contributed by atoms with Crippen molar-refractivity contribution in [3.63, 3.8) is 0 Å². The number of carbonyl (C=O) groups is 1. The second-order valence-electron chi connectivity index (χ2n) is 5.80. The lowest BCUT2D eigenvalue weighted by molar-refractivity contribution is -0.114. The van der Waals surface area contributed by atoms with Gasteiger partial charge >= 0.3 is 0 Å². The Kier molecular flexibility index (Phi) is 5.17. The lowest BCUT2D eigenvalue weighted by atomic mass is 10.2. The fraction of sp³-hybridized carbons (Fsp3) is 0.211. The van der Waals surface area contributed by atoms with E-state index in [9.17, 15) is 4.79 Å². The molecule has 0 saturated heterocycles. The van der Waals surface area contributed by atoms with E-state index in [2.05, 4.69) is 20.8 Å². The normalized spacial score (nSPS) is 11.7. The van der Waals surface area contributed by atoms with E-state index in [1.54, 1.807) is 7.11 Å². The largest absolute Gasteiger partial charge is 0.497 e. The van der Waals surface area contributed by atoms with E-state index < -0.39 is 0 Å². The van der Waals surface area contributed by atoms with Crippen molar-refractivity contribution in [2.45, 2.75) is 19.9 Å². The maximum absolute atomic E-state index is 11.1. The van der Waals surface area contributed by atoms with Crippen molar-refractivity contribution >= 4 is 17.3 Å². The number of carbonyl (C=O) groups excluding carboxylic acids is 1. The number of rotatable bonds is 6. The number of aromatic nitrogens is 2. The zero-order chi connectivity index (χ0) is 18.5. The molecule has 2 aromatic carbocycles. The summed E-state index contributed by atoms with van der Waals surface area (Å²) in [6.45, 7) is 3.41. The topological polar surface area (TPSA) is 89.3 Å². The van der Waals surface area contributed by atoms with Gasteiger partial charge in [0.2, 0.25) is 17.7 Å². The second-order valence-corrected chi connectivity index (χ2v) is 5.80. The summed E-state index contributed by atoms with van der Waals surface area (Å²) in [6, 6.07) is 14.7. The summed E-state index contributed by atoms with van der Waals surface area (Å²) < 4.78 is 10.9. The highest BCUT2D eigenvalue weighted by Gasteiger charge is 2.15. The Balaban J connectivity index is 1.67. The molecule has 3 rings (SSSR count). The Bertz CT molecular complexity index is 873. The molecule has 0 unspecified atom stereocenters. The number of nitrogens with one attached hydrogen (secondary N) is 2. The van der Waals surface area contributed by atoms with Crippen molar-refractivity contribution in [3.8, 4) is 17.2 Å². The number of ether oxygens (including phenoxy) is 1. The van der Waals surface area contributed by atoms with Crippen LogP contribution in [-0.2, 0) is 4.79 Å². The minimum Gasteiger partial charge on any atom is -0.497 e. The van der Waals surface area contributed by atoms with E-state index in [-0.39, 0.29) is 11.9 Å². The molecule has 7 heteroatoms. The lowest BCUT2D eigenvalue weighted by Crippen LogP contribution is -2.08. The summed E-state index contributed by atoms with van der Waals surface area (Å²) in [5.74, 6) is 1.61. The Morgan fingerprint density at radius 2 is 1.69 bits per heavy atom. The van der Waals surface area contributed by atoms with Crippen LogP contribution in [0.2, 0.25) is 0 Å². The van der Waals surface area contributed by atoms with Gasteiger partial charge in [-0.15, -0.1) is 10.2 Å². The average Bonchev–Trinajstić information content (AvgIpc) is 3.13. The summed E-state index contributed by atoms with van der Waals surface area (Å²) >= 11 is 0. The number of benzene rings is 2. The van der Waals surface area contributed by atoms with Crippen molar-refractivity contribution in [2.75, 3.05) is 17.7 Å². The van der Waals surface area contributed by atoms with Gasteiger partial charge in [0.15, 0.2) is 0 Å². The average molecular weight is 352 g/mol. The third kappa shape index (κ3) is 4.18. The molecule has 0 aliphatic carbocycles. The minimum absolute atomic E-state index is 0.101. The highest BCUT2D eigenvalue weighted by atomic mass is 16.5. The van der Waals surface area contributed by atoms with Gasteiger partial charge in [0.1, 0.15) is 11.8 Å². The van der Waals surface area contributed by atoms with Crippen molar-refractivity contribution in [1.29, 1.82) is 0 Å². The standard InChI is InChI=1S/C19H20N4O3/c1-12(20-15-6-8-16(9-7-15)21-13(2)24)18-22-23-19(26-18)14-4-10-17(25-3)11-5-14/h4-12,20H,1-3H3,(H,21,24)/t12-/m1/s1. The van der Waals surface area contributed by atoms with Crippen LogP contribution in [0.1, 0.15) is 25.8 Å². The van der Waals surface area contributed by atoms with Crippen molar-refractivity contribution in [2.24, 2.45) is 0 Å². The summed E-state index contributed by atoms with van der Waals surface area (Å²) in [5.41, 5.74) is 2.46. The number of amides is 1. The number of hydrogen-bond donors (Lipinski definition) is 2. The Labute approximate surface area is 151 Å². The molecule has 0 fully saturated rings. The van der Waals surface area contributed by atoms with Crippen LogP contribution in [-0.4, -0.2) is 23.2 Å². The molecule has 0 saturated carbocycles. The first-order valence-corrected chi connectivity index (χ1v) is 8.17. The van der Waals surface area contributed by atoms with Crippen LogP contribution in [0.5, 0.6) is 5.75 Å². The van der Waals surface area contributed by atoms with Crippen LogP contribution in [0.25, 0.3) is 11.5 Å². The first kappa shape index (κ1) is 17.5. The molecule has 0 bridgehead atoms. The number of methoxy groups -OCH3 is 1. The van der Waals surface area contributed by atoms with E-state index in [1.165, 1.54) is 6.92 Å². The summed E-state index contributed by atoms with van der Waals surface area (Å²) in [6.07, 6.45) is 0. The van der Waals surface area contributed by atoms with Gasteiger partial charge in [-0.05, 0) is 55.5 Å². The molecule has 1 aromatic heterocycles. The first-order chi connectivity index (χ1) is 12.5. The maximum atomic E-state index is 11.1. The van der Waals surface area contributed by atoms with Gasteiger partial charge in [0.05, 0.1) is 7.11 Å². The number of nitrogens with zero attached hydrogens (tertiary/aromatic N) is 2. The highest BCUT2D eigenvalue weighted by molar-refractivity contribution is 5.88. The molecule has 1 heterocycles. The maximum Gasteiger partial charge on any atom is 0.247 e.